The van der Waals surface area contributed by atoms with Gasteiger partial charge >= 0.3 is 0 Å². The number of rotatable bonds is 3. The van der Waals surface area contributed by atoms with E-state index in [1.54, 1.807) is 18.0 Å². The molecule has 4 rings (SSSR count). The Hall–Kier alpha value is -2.57. The second-order valence-electron chi connectivity index (χ2n) is 5.57. The first-order valence-corrected chi connectivity index (χ1v) is 8.88. The van der Waals surface area contributed by atoms with Crippen molar-refractivity contribution in [2.24, 2.45) is 0 Å². The van der Waals surface area contributed by atoms with Crippen LogP contribution in [0.3, 0.4) is 0 Å². The first-order chi connectivity index (χ1) is 12.1. The van der Waals surface area contributed by atoms with Gasteiger partial charge in [-0.2, -0.15) is 0 Å². The summed E-state index contributed by atoms with van der Waals surface area (Å²) in [6.45, 7) is 0.0113. The van der Waals surface area contributed by atoms with E-state index >= 15 is 0 Å². The van der Waals surface area contributed by atoms with Crippen LogP contribution < -0.4 is 15.0 Å². The molecule has 1 aliphatic rings. The zero-order valence-electron chi connectivity index (χ0n) is 13.3. The Kier molecular flexibility index (Phi) is 4.07. The average molecular weight is 372 g/mol. The van der Waals surface area contributed by atoms with Crippen molar-refractivity contribution in [3.8, 4) is 17.0 Å². The number of benzene rings is 2. The van der Waals surface area contributed by atoms with Gasteiger partial charge in [-0.05, 0) is 24.3 Å². The quantitative estimate of drug-likeness (QED) is 0.733. The summed E-state index contributed by atoms with van der Waals surface area (Å²) in [5, 5.41) is 6.52. The number of carbonyl (C=O) groups is 1. The number of nitrogens with one attached hydrogen (secondary N) is 1. The molecule has 1 aromatic heterocycles. The van der Waals surface area contributed by atoms with Crippen LogP contribution in [0.2, 0.25) is 5.02 Å². The summed E-state index contributed by atoms with van der Waals surface area (Å²) >= 11 is 7.74. The van der Waals surface area contributed by atoms with E-state index in [0.717, 1.165) is 22.1 Å². The lowest BCUT2D eigenvalue weighted by molar-refractivity contribution is -0.120. The number of para-hydroxylation sites is 1. The number of hydrogen-bond acceptors (Lipinski definition) is 5. The van der Waals surface area contributed by atoms with E-state index < -0.39 is 0 Å². The fourth-order valence-electron chi connectivity index (χ4n) is 2.64. The van der Waals surface area contributed by atoms with Crippen molar-refractivity contribution in [3.05, 3.63) is 52.9 Å². The van der Waals surface area contributed by atoms with Gasteiger partial charge in [-0.3, -0.25) is 4.79 Å². The molecule has 7 heteroatoms. The molecule has 0 saturated carbocycles. The maximum absolute atomic E-state index is 11.9. The van der Waals surface area contributed by atoms with Crippen LogP contribution in [0.1, 0.15) is 0 Å². The fraction of sp³-hybridized carbons (Fsp3) is 0.111. The Morgan fingerprint density at radius 2 is 2.08 bits per heavy atom. The summed E-state index contributed by atoms with van der Waals surface area (Å²) in [6, 6.07) is 13.4. The molecule has 0 bridgehead atoms. The third-order valence-corrected chi connectivity index (χ3v) is 4.89. The van der Waals surface area contributed by atoms with Crippen molar-refractivity contribution in [3.63, 3.8) is 0 Å². The molecule has 126 valence electrons. The average Bonchev–Trinajstić information content (AvgIpc) is 3.07. The lowest BCUT2D eigenvalue weighted by Gasteiger charge is -2.27. The number of ether oxygens (including phenoxy) is 1. The first-order valence-electron chi connectivity index (χ1n) is 7.62. The van der Waals surface area contributed by atoms with Crippen LogP contribution in [0.4, 0.5) is 16.5 Å². The number of amides is 1. The number of hydrogen-bond donors (Lipinski definition) is 1. The number of aromatic nitrogens is 1. The SMILES string of the molecule is CN1C(=O)COc2c(-c3csc(Nc4ccccc4)n3)cc(Cl)cc21. The Morgan fingerprint density at radius 3 is 2.88 bits per heavy atom. The maximum Gasteiger partial charge on any atom is 0.264 e. The summed E-state index contributed by atoms with van der Waals surface area (Å²) in [6.07, 6.45) is 0. The van der Waals surface area contributed by atoms with Gasteiger partial charge in [-0.15, -0.1) is 11.3 Å². The van der Waals surface area contributed by atoms with Crippen LogP contribution >= 0.6 is 22.9 Å². The van der Waals surface area contributed by atoms with Gasteiger partial charge in [-0.25, -0.2) is 4.98 Å². The minimum absolute atomic E-state index is 0.0113. The van der Waals surface area contributed by atoms with Gasteiger partial charge in [0, 0.05) is 28.7 Å². The van der Waals surface area contributed by atoms with Crippen molar-refractivity contribution in [1.82, 2.24) is 4.98 Å². The summed E-state index contributed by atoms with van der Waals surface area (Å²) < 4.78 is 5.67. The van der Waals surface area contributed by atoms with Crippen molar-refractivity contribution in [2.45, 2.75) is 0 Å². The number of likely N-dealkylation sites (N-methyl/N-ethyl adjacent to an activating group) is 1. The van der Waals surface area contributed by atoms with E-state index in [1.807, 2.05) is 41.8 Å². The van der Waals surface area contributed by atoms with Crippen LogP contribution in [-0.4, -0.2) is 24.5 Å². The van der Waals surface area contributed by atoms with Gasteiger partial charge in [0.25, 0.3) is 5.91 Å². The maximum atomic E-state index is 11.9. The molecule has 0 unspecified atom stereocenters. The van der Waals surface area contributed by atoms with E-state index in [9.17, 15) is 4.79 Å². The van der Waals surface area contributed by atoms with E-state index in [2.05, 4.69) is 10.3 Å². The van der Waals surface area contributed by atoms with Gasteiger partial charge in [0.05, 0.1) is 11.4 Å². The molecule has 0 spiro atoms. The summed E-state index contributed by atoms with van der Waals surface area (Å²) in [5.74, 6) is 0.522. The largest absolute Gasteiger partial charge is 0.481 e. The zero-order chi connectivity index (χ0) is 17.4. The van der Waals surface area contributed by atoms with E-state index in [0.29, 0.717) is 16.5 Å². The predicted molar refractivity (Wildman–Crippen MR) is 101 cm³/mol. The Morgan fingerprint density at radius 1 is 1.28 bits per heavy atom. The van der Waals surface area contributed by atoms with Gasteiger partial charge in [-0.1, -0.05) is 29.8 Å². The van der Waals surface area contributed by atoms with Crippen LogP contribution in [0.25, 0.3) is 11.3 Å². The molecule has 25 heavy (non-hydrogen) atoms. The third kappa shape index (κ3) is 3.06. The number of anilines is 3. The second-order valence-corrected chi connectivity index (χ2v) is 6.87. The number of thiazole rings is 1. The Labute approximate surface area is 153 Å². The Balaban J connectivity index is 1.71. The molecule has 1 aliphatic heterocycles. The second kappa shape index (κ2) is 6.38. The number of fused-ring (bicyclic) bond motifs is 1. The fourth-order valence-corrected chi connectivity index (χ4v) is 3.58. The highest BCUT2D eigenvalue weighted by molar-refractivity contribution is 7.14. The minimum atomic E-state index is -0.106. The van der Waals surface area contributed by atoms with Crippen LogP contribution in [-0.2, 0) is 4.79 Å². The highest BCUT2D eigenvalue weighted by Crippen LogP contribution is 2.43. The molecule has 0 aliphatic carbocycles. The van der Waals surface area contributed by atoms with Crippen molar-refractivity contribution >= 4 is 45.4 Å². The standard InChI is InChI=1S/C18H14ClN3O2S/c1-22-15-8-11(19)7-13(17(15)24-9-16(22)23)14-10-25-18(21-14)20-12-5-3-2-4-6-12/h2-8,10H,9H2,1H3,(H,20,21). The number of halogens is 1. The summed E-state index contributed by atoms with van der Waals surface area (Å²) in [5.41, 5.74) is 3.16. The van der Waals surface area contributed by atoms with Gasteiger partial charge in [0.1, 0.15) is 0 Å². The van der Waals surface area contributed by atoms with Crippen LogP contribution in [0, 0.1) is 0 Å². The molecule has 2 aromatic carbocycles. The monoisotopic (exact) mass is 371 g/mol. The summed E-state index contributed by atoms with van der Waals surface area (Å²) in [4.78, 5) is 18.1. The molecule has 1 N–H and O–H groups in total. The molecule has 0 saturated heterocycles. The molecule has 5 nitrogen and oxygen atoms in total. The smallest absolute Gasteiger partial charge is 0.264 e. The molecule has 1 amide bonds. The Bertz CT molecular complexity index is 943. The number of nitrogens with zero attached hydrogens (tertiary/aromatic N) is 2. The highest BCUT2D eigenvalue weighted by Gasteiger charge is 2.26. The molecule has 0 atom stereocenters. The third-order valence-electron chi connectivity index (χ3n) is 3.91. The lowest BCUT2D eigenvalue weighted by Crippen LogP contribution is -2.35. The molecule has 0 radical (unpaired) electrons. The van der Waals surface area contributed by atoms with Gasteiger partial charge < -0.3 is 15.0 Å². The molecule has 2 heterocycles. The molecular formula is C18H14ClN3O2S. The van der Waals surface area contributed by atoms with E-state index in [1.165, 1.54) is 11.3 Å². The minimum Gasteiger partial charge on any atom is -0.481 e. The van der Waals surface area contributed by atoms with Crippen LogP contribution in [0.5, 0.6) is 5.75 Å². The number of carbonyl (C=O) groups excluding carboxylic acids is 1. The molecule has 3 aromatic rings. The van der Waals surface area contributed by atoms with Crippen molar-refractivity contribution < 1.29 is 9.53 Å². The predicted octanol–water partition coefficient (Wildman–Crippen LogP) is 4.56. The van der Waals surface area contributed by atoms with Gasteiger partial charge in [0.2, 0.25) is 0 Å². The molecular weight excluding hydrogens is 358 g/mol. The topological polar surface area (TPSA) is 54.5 Å². The summed E-state index contributed by atoms with van der Waals surface area (Å²) in [7, 11) is 1.72. The molecule has 0 fully saturated rings. The van der Waals surface area contributed by atoms with Gasteiger partial charge in [0.15, 0.2) is 17.5 Å². The lowest BCUT2D eigenvalue weighted by atomic mass is 10.1. The van der Waals surface area contributed by atoms with Crippen LogP contribution in [0.15, 0.2) is 47.8 Å². The van der Waals surface area contributed by atoms with Crippen molar-refractivity contribution in [1.29, 1.82) is 0 Å². The highest BCUT2D eigenvalue weighted by atomic mass is 35.5. The first kappa shape index (κ1) is 15.9. The normalized spacial score (nSPS) is 13.4. The zero-order valence-corrected chi connectivity index (χ0v) is 14.9. The van der Waals surface area contributed by atoms with E-state index in [-0.39, 0.29) is 12.5 Å². The van der Waals surface area contributed by atoms with Crippen molar-refractivity contribution in [2.75, 3.05) is 23.9 Å². The van der Waals surface area contributed by atoms with E-state index in [4.69, 9.17) is 16.3 Å².